The summed E-state index contributed by atoms with van der Waals surface area (Å²) in [5.41, 5.74) is 0.963. The molecule has 1 fully saturated rings. The van der Waals surface area contributed by atoms with Crippen molar-refractivity contribution < 1.29 is 23.5 Å². The van der Waals surface area contributed by atoms with E-state index in [2.05, 4.69) is 15.5 Å². The predicted molar refractivity (Wildman–Crippen MR) is 122 cm³/mol. The van der Waals surface area contributed by atoms with Crippen LogP contribution in [0.25, 0.3) is 0 Å². The van der Waals surface area contributed by atoms with Crippen molar-refractivity contribution in [3.63, 3.8) is 0 Å². The van der Waals surface area contributed by atoms with E-state index >= 15 is 0 Å². The molecule has 1 aromatic heterocycles. The molecule has 1 atom stereocenters. The Morgan fingerprint density at radius 1 is 1.09 bits per heavy atom. The van der Waals surface area contributed by atoms with E-state index < -0.39 is 5.91 Å². The first kappa shape index (κ1) is 22.7. The van der Waals surface area contributed by atoms with E-state index in [1.165, 1.54) is 35.6 Å². The van der Waals surface area contributed by atoms with E-state index in [4.69, 9.17) is 9.47 Å². The lowest BCUT2D eigenvalue weighted by atomic mass is 9.98. The van der Waals surface area contributed by atoms with Crippen molar-refractivity contribution in [2.24, 2.45) is 0 Å². The molecule has 3 aromatic rings. The molecule has 33 heavy (non-hydrogen) atoms. The third-order valence-corrected chi connectivity index (χ3v) is 6.48. The third kappa shape index (κ3) is 5.28. The molecule has 1 saturated heterocycles. The number of nitrogens with zero attached hydrogens (tertiary/aromatic N) is 3. The highest BCUT2D eigenvalue weighted by molar-refractivity contribution is 7.13. The van der Waals surface area contributed by atoms with Crippen LogP contribution in [0.5, 0.6) is 11.5 Å². The average Bonchev–Trinajstić information content (AvgIpc) is 3.35. The maximum absolute atomic E-state index is 13.1. The number of carbonyl (C=O) groups is 2. The van der Waals surface area contributed by atoms with E-state index in [1.807, 2.05) is 0 Å². The number of hydrogen-bond donors (Lipinski definition) is 1. The van der Waals surface area contributed by atoms with Gasteiger partial charge in [0, 0.05) is 36.3 Å². The molecule has 0 bridgehead atoms. The molecule has 1 unspecified atom stereocenters. The summed E-state index contributed by atoms with van der Waals surface area (Å²) >= 11 is 1.21. The van der Waals surface area contributed by atoms with Crippen molar-refractivity contribution in [3.05, 3.63) is 63.9 Å². The second-order valence-electron chi connectivity index (χ2n) is 7.60. The number of methoxy groups -OCH3 is 2. The number of ether oxygens (including phenoxy) is 2. The molecule has 2 heterocycles. The standard InChI is InChI=1S/C23H23FN4O4S/c1-31-18-10-15(11-19(12-18)32-2)23(30)28-9-3-4-14(13-28)21-26-27-22(33-21)20(29)25-17-7-5-16(24)6-8-17/h5-8,10-12,14H,3-4,9,13H2,1-2H3,(H,25,29). The van der Waals surface area contributed by atoms with Crippen molar-refractivity contribution >= 4 is 28.8 Å². The second-order valence-corrected chi connectivity index (χ2v) is 8.61. The fourth-order valence-electron chi connectivity index (χ4n) is 3.69. The van der Waals surface area contributed by atoms with Crippen molar-refractivity contribution in [3.8, 4) is 11.5 Å². The van der Waals surface area contributed by atoms with Crippen LogP contribution in [0.15, 0.2) is 42.5 Å². The molecule has 0 spiro atoms. The van der Waals surface area contributed by atoms with E-state index in [1.54, 1.807) is 37.3 Å². The molecular formula is C23H23FN4O4S. The lowest BCUT2D eigenvalue weighted by Crippen LogP contribution is -2.39. The zero-order chi connectivity index (χ0) is 23.4. The number of piperidine rings is 1. The molecule has 0 saturated carbocycles. The summed E-state index contributed by atoms with van der Waals surface area (Å²) in [5, 5.41) is 11.8. The summed E-state index contributed by atoms with van der Waals surface area (Å²) in [4.78, 5) is 27.4. The van der Waals surface area contributed by atoms with Gasteiger partial charge in [-0.2, -0.15) is 0 Å². The van der Waals surface area contributed by atoms with Crippen molar-refractivity contribution in [2.45, 2.75) is 18.8 Å². The smallest absolute Gasteiger partial charge is 0.286 e. The Morgan fingerprint density at radius 2 is 1.79 bits per heavy atom. The lowest BCUT2D eigenvalue weighted by molar-refractivity contribution is 0.0706. The Labute approximate surface area is 194 Å². The molecule has 8 nitrogen and oxygen atoms in total. The molecule has 1 N–H and O–H groups in total. The van der Waals surface area contributed by atoms with Crippen LogP contribution < -0.4 is 14.8 Å². The van der Waals surface area contributed by atoms with Crippen LogP contribution in [0, 0.1) is 5.82 Å². The van der Waals surface area contributed by atoms with E-state index in [0.717, 1.165) is 12.8 Å². The van der Waals surface area contributed by atoms with Gasteiger partial charge in [-0.3, -0.25) is 9.59 Å². The van der Waals surface area contributed by atoms with Gasteiger partial charge < -0.3 is 19.7 Å². The molecular weight excluding hydrogens is 447 g/mol. The van der Waals surface area contributed by atoms with Gasteiger partial charge >= 0.3 is 0 Å². The molecule has 172 valence electrons. The van der Waals surface area contributed by atoms with Gasteiger partial charge in [-0.1, -0.05) is 11.3 Å². The predicted octanol–water partition coefficient (Wildman–Crippen LogP) is 3.97. The van der Waals surface area contributed by atoms with Gasteiger partial charge in [0.2, 0.25) is 5.01 Å². The fourth-order valence-corrected chi connectivity index (χ4v) is 4.55. The Balaban J connectivity index is 1.44. The van der Waals surface area contributed by atoms with Gasteiger partial charge in [0.1, 0.15) is 22.3 Å². The van der Waals surface area contributed by atoms with Crippen molar-refractivity contribution in [2.75, 3.05) is 32.6 Å². The molecule has 2 amide bonds. The molecule has 0 radical (unpaired) electrons. The van der Waals surface area contributed by atoms with Gasteiger partial charge in [0.25, 0.3) is 11.8 Å². The number of likely N-dealkylation sites (tertiary alicyclic amines) is 1. The zero-order valence-corrected chi connectivity index (χ0v) is 19.0. The van der Waals surface area contributed by atoms with E-state index in [-0.39, 0.29) is 22.6 Å². The van der Waals surface area contributed by atoms with Crippen molar-refractivity contribution in [1.29, 1.82) is 0 Å². The first-order chi connectivity index (χ1) is 16.0. The number of benzene rings is 2. The Bertz CT molecular complexity index is 1130. The SMILES string of the molecule is COc1cc(OC)cc(C(=O)N2CCCC(c3nnc(C(=O)Nc4ccc(F)cc4)s3)C2)c1. The zero-order valence-electron chi connectivity index (χ0n) is 18.2. The van der Waals surface area contributed by atoms with Gasteiger partial charge in [0.15, 0.2) is 0 Å². The number of halogens is 1. The normalized spacial score (nSPS) is 15.7. The molecule has 10 heteroatoms. The highest BCUT2D eigenvalue weighted by atomic mass is 32.1. The van der Waals surface area contributed by atoms with Crippen LogP contribution in [0.4, 0.5) is 10.1 Å². The van der Waals surface area contributed by atoms with Gasteiger partial charge in [-0.05, 0) is 49.2 Å². The van der Waals surface area contributed by atoms with Crippen LogP contribution in [0.3, 0.4) is 0 Å². The number of anilines is 1. The fraction of sp³-hybridized carbons (Fsp3) is 0.304. The maximum atomic E-state index is 13.1. The summed E-state index contributed by atoms with van der Waals surface area (Å²) < 4.78 is 23.6. The number of amides is 2. The van der Waals surface area contributed by atoms with Gasteiger partial charge in [0.05, 0.1) is 14.2 Å². The van der Waals surface area contributed by atoms with E-state index in [0.29, 0.717) is 40.8 Å². The topological polar surface area (TPSA) is 93.7 Å². The first-order valence-electron chi connectivity index (χ1n) is 10.4. The number of carbonyl (C=O) groups excluding carboxylic acids is 2. The molecule has 1 aliphatic heterocycles. The van der Waals surface area contributed by atoms with Gasteiger partial charge in [-0.15, -0.1) is 10.2 Å². The number of rotatable bonds is 6. The van der Waals surface area contributed by atoms with E-state index in [9.17, 15) is 14.0 Å². The monoisotopic (exact) mass is 470 g/mol. The summed E-state index contributed by atoms with van der Waals surface area (Å²) in [6, 6.07) is 10.6. The van der Waals surface area contributed by atoms with Crippen LogP contribution in [-0.4, -0.2) is 54.2 Å². The molecule has 1 aliphatic rings. The minimum atomic E-state index is -0.405. The second kappa shape index (κ2) is 9.95. The van der Waals surface area contributed by atoms with Crippen LogP contribution >= 0.6 is 11.3 Å². The van der Waals surface area contributed by atoms with Crippen molar-refractivity contribution in [1.82, 2.24) is 15.1 Å². The number of hydrogen-bond acceptors (Lipinski definition) is 7. The number of aromatic nitrogens is 2. The molecule has 2 aromatic carbocycles. The average molecular weight is 471 g/mol. The van der Waals surface area contributed by atoms with Gasteiger partial charge in [-0.25, -0.2) is 4.39 Å². The summed E-state index contributed by atoms with van der Waals surface area (Å²) in [6.07, 6.45) is 1.66. The Hall–Kier alpha value is -3.53. The highest BCUT2D eigenvalue weighted by Gasteiger charge is 2.29. The Morgan fingerprint density at radius 3 is 2.45 bits per heavy atom. The lowest BCUT2D eigenvalue weighted by Gasteiger charge is -2.31. The summed E-state index contributed by atoms with van der Waals surface area (Å²) in [6.45, 7) is 1.11. The minimum absolute atomic E-state index is 0.0138. The Kier molecular flexibility index (Phi) is 6.83. The number of nitrogens with one attached hydrogen (secondary N) is 1. The molecule has 4 rings (SSSR count). The minimum Gasteiger partial charge on any atom is -0.497 e. The summed E-state index contributed by atoms with van der Waals surface area (Å²) in [5.74, 6) is 0.183. The highest BCUT2D eigenvalue weighted by Crippen LogP contribution is 2.31. The largest absolute Gasteiger partial charge is 0.497 e. The molecule has 0 aliphatic carbocycles. The van der Waals surface area contributed by atoms with Crippen LogP contribution in [0.1, 0.15) is 43.9 Å². The summed E-state index contributed by atoms with van der Waals surface area (Å²) in [7, 11) is 3.08. The quantitative estimate of drug-likeness (QED) is 0.586. The first-order valence-corrected chi connectivity index (χ1v) is 11.2. The maximum Gasteiger partial charge on any atom is 0.286 e. The van der Waals surface area contributed by atoms with Crippen LogP contribution in [-0.2, 0) is 0 Å². The van der Waals surface area contributed by atoms with Crippen LogP contribution in [0.2, 0.25) is 0 Å². The third-order valence-electron chi connectivity index (χ3n) is 5.39.